The van der Waals surface area contributed by atoms with Crippen molar-refractivity contribution >= 4 is 17.2 Å². The van der Waals surface area contributed by atoms with Crippen LogP contribution in [0.3, 0.4) is 0 Å². The van der Waals surface area contributed by atoms with Crippen LogP contribution in [-0.4, -0.2) is 30.5 Å². The molecule has 22 heavy (non-hydrogen) atoms. The van der Waals surface area contributed by atoms with E-state index in [1.807, 2.05) is 0 Å². The summed E-state index contributed by atoms with van der Waals surface area (Å²) in [6.07, 6.45) is 2.28. The van der Waals surface area contributed by atoms with E-state index in [9.17, 15) is 9.18 Å². The van der Waals surface area contributed by atoms with E-state index in [0.717, 1.165) is 25.9 Å². The molecule has 1 aliphatic rings. The Morgan fingerprint density at radius 2 is 2.32 bits per heavy atom. The van der Waals surface area contributed by atoms with Crippen LogP contribution in [0, 0.1) is 11.7 Å². The van der Waals surface area contributed by atoms with Crippen LogP contribution in [0.5, 0.6) is 0 Å². The highest BCUT2D eigenvalue weighted by Crippen LogP contribution is 2.26. The van der Waals surface area contributed by atoms with Gasteiger partial charge in [-0.3, -0.25) is 4.79 Å². The molecule has 1 aliphatic heterocycles. The van der Waals surface area contributed by atoms with Gasteiger partial charge in [-0.1, -0.05) is 12.1 Å². The Kier molecular flexibility index (Phi) is 4.80. The lowest BCUT2D eigenvalue weighted by Crippen LogP contribution is -2.38. The molecule has 1 aromatic carbocycles. The first-order valence-electron chi connectivity index (χ1n) is 7.43. The van der Waals surface area contributed by atoms with Crippen molar-refractivity contribution in [2.24, 2.45) is 5.92 Å². The van der Waals surface area contributed by atoms with Gasteiger partial charge >= 0.3 is 0 Å². The molecule has 2 aromatic rings. The molecule has 1 fully saturated rings. The van der Waals surface area contributed by atoms with E-state index in [-0.39, 0.29) is 11.7 Å². The number of carbonyl (C=O) groups excluding carboxylic acids is 1. The summed E-state index contributed by atoms with van der Waals surface area (Å²) in [7, 11) is 0. The molecular weight excluding hydrogens is 301 g/mol. The van der Waals surface area contributed by atoms with Gasteiger partial charge in [0.05, 0.1) is 0 Å². The van der Waals surface area contributed by atoms with E-state index in [2.05, 4.69) is 15.6 Å². The normalized spacial score (nSPS) is 18.1. The van der Waals surface area contributed by atoms with Crippen LogP contribution in [0.1, 0.15) is 23.3 Å². The molecule has 0 radical (unpaired) electrons. The highest BCUT2D eigenvalue weighted by molar-refractivity contribution is 7.13. The second-order valence-electron chi connectivity index (χ2n) is 5.44. The summed E-state index contributed by atoms with van der Waals surface area (Å²) in [5, 5.41) is 8.45. The van der Waals surface area contributed by atoms with Crippen LogP contribution in [0.4, 0.5) is 4.39 Å². The smallest absolute Gasteiger partial charge is 0.270 e. The Hall–Kier alpha value is -1.79. The van der Waals surface area contributed by atoms with Crippen molar-refractivity contribution in [3.63, 3.8) is 0 Å². The molecule has 0 saturated carbocycles. The first-order valence-corrected chi connectivity index (χ1v) is 8.31. The van der Waals surface area contributed by atoms with Crippen molar-refractivity contribution in [3.8, 4) is 10.6 Å². The Morgan fingerprint density at radius 1 is 1.45 bits per heavy atom. The SMILES string of the molecule is O=C(NCC1CCCNC1)c1csc(-c2ccccc2F)n1. The van der Waals surface area contributed by atoms with Crippen molar-refractivity contribution in [2.75, 3.05) is 19.6 Å². The lowest BCUT2D eigenvalue weighted by molar-refractivity contribution is 0.0940. The molecule has 1 amide bonds. The molecule has 0 spiro atoms. The van der Waals surface area contributed by atoms with Gasteiger partial charge in [0.15, 0.2) is 0 Å². The van der Waals surface area contributed by atoms with E-state index in [1.54, 1.807) is 23.6 Å². The van der Waals surface area contributed by atoms with Crippen molar-refractivity contribution in [3.05, 3.63) is 41.2 Å². The van der Waals surface area contributed by atoms with Crippen LogP contribution in [0.2, 0.25) is 0 Å². The van der Waals surface area contributed by atoms with Gasteiger partial charge in [-0.05, 0) is 44.0 Å². The fourth-order valence-corrected chi connectivity index (χ4v) is 3.39. The summed E-state index contributed by atoms with van der Waals surface area (Å²) >= 11 is 1.28. The summed E-state index contributed by atoms with van der Waals surface area (Å²) in [4.78, 5) is 16.4. The third-order valence-electron chi connectivity index (χ3n) is 3.79. The zero-order valence-electron chi connectivity index (χ0n) is 12.1. The summed E-state index contributed by atoms with van der Waals surface area (Å²) in [6.45, 7) is 2.65. The maximum absolute atomic E-state index is 13.7. The molecule has 1 atom stereocenters. The maximum atomic E-state index is 13.7. The predicted octanol–water partition coefficient (Wildman–Crippen LogP) is 2.68. The zero-order chi connectivity index (χ0) is 15.4. The monoisotopic (exact) mass is 319 g/mol. The van der Waals surface area contributed by atoms with Crippen LogP contribution < -0.4 is 10.6 Å². The minimum Gasteiger partial charge on any atom is -0.350 e. The molecule has 2 N–H and O–H groups in total. The number of carbonyl (C=O) groups is 1. The third-order valence-corrected chi connectivity index (χ3v) is 4.67. The van der Waals surface area contributed by atoms with Crippen molar-refractivity contribution in [2.45, 2.75) is 12.8 Å². The number of benzene rings is 1. The van der Waals surface area contributed by atoms with E-state index in [1.165, 1.54) is 17.4 Å². The van der Waals surface area contributed by atoms with E-state index in [4.69, 9.17) is 0 Å². The van der Waals surface area contributed by atoms with Crippen molar-refractivity contribution < 1.29 is 9.18 Å². The zero-order valence-corrected chi connectivity index (χ0v) is 13.0. The van der Waals surface area contributed by atoms with Gasteiger partial charge in [-0.2, -0.15) is 0 Å². The molecule has 1 unspecified atom stereocenters. The van der Waals surface area contributed by atoms with Gasteiger partial charge < -0.3 is 10.6 Å². The van der Waals surface area contributed by atoms with Gasteiger partial charge in [-0.15, -0.1) is 11.3 Å². The largest absolute Gasteiger partial charge is 0.350 e. The number of nitrogens with zero attached hydrogens (tertiary/aromatic N) is 1. The molecule has 6 heteroatoms. The maximum Gasteiger partial charge on any atom is 0.270 e. The van der Waals surface area contributed by atoms with Crippen LogP contribution >= 0.6 is 11.3 Å². The number of halogens is 1. The molecule has 0 bridgehead atoms. The topological polar surface area (TPSA) is 54.0 Å². The molecule has 1 saturated heterocycles. The van der Waals surface area contributed by atoms with Crippen LogP contribution in [0.15, 0.2) is 29.6 Å². The highest BCUT2D eigenvalue weighted by atomic mass is 32.1. The quantitative estimate of drug-likeness (QED) is 0.911. The number of rotatable bonds is 4. The van der Waals surface area contributed by atoms with Crippen molar-refractivity contribution in [1.82, 2.24) is 15.6 Å². The first kappa shape index (κ1) is 15.1. The number of amides is 1. The third kappa shape index (κ3) is 3.51. The average Bonchev–Trinajstić information content (AvgIpc) is 3.04. The van der Waals surface area contributed by atoms with Gasteiger partial charge in [0.1, 0.15) is 16.5 Å². The fourth-order valence-electron chi connectivity index (χ4n) is 2.56. The van der Waals surface area contributed by atoms with E-state index >= 15 is 0 Å². The Balaban J connectivity index is 1.63. The van der Waals surface area contributed by atoms with Gasteiger partial charge in [-0.25, -0.2) is 9.37 Å². The number of piperidine rings is 1. The molecular formula is C16H18FN3OS. The summed E-state index contributed by atoms with van der Waals surface area (Å²) in [5.74, 6) is -0.0381. The number of hydrogen-bond donors (Lipinski definition) is 2. The van der Waals surface area contributed by atoms with Crippen LogP contribution in [-0.2, 0) is 0 Å². The number of nitrogens with one attached hydrogen (secondary N) is 2. The Morgan fingerprint density at radius 3 is 3.09 bits per heavy atom. The summed E-state index contributed by atoms with van der Waals surface area (Å²) in [5.41, 5.74) is 0.787. The molecule has 116 valence electrons. The standard InChI is InChI=1S/C16H18FN3OS/c17-13-6-2-1-5-12(13)16-20-14(10-22-16)15(21)19-9-11-4-3-7-18-8-11/h1-2,5-6,10-11,18H,3-4,7-9H2,(H,19,21). The highest BCUT2D eigenvalue weighted by Gasteiger charge is 2.17. The number of hydrogen-bond acceptors (Lipinski definition) is 4. The molecule has 2 heterocycles. The lowest BCUT2D eigenvalue weighted by atomic mass is 10.00. The molecule has 3 rings (SSSR count). The van der Waals surface area contributed by atoms with Crippen molar-refractivity contribution in [1.29, 1.82) is 0 Å². The molecule has 0 aliphatic carbocycles. The lowest BCUT2D eigenvalue weighted by Gasteiger charge is -2.22. The Labute approximate surface area is 132 Å². The summed E-state index contributed by atoms with van der Waals surface area (Å²) < 4.78 is 13.7. The molecule has 4 nitrogen and oxygen atoms in total. The average molecular weight is 319 g/mol. The van der Waals surface area contributed by atoms with E-state index in [0.29, 0.717) is 28.7 Å². The fraction of sp³-hybridized carbons (Fsp3) is 0.375. The van der Waals surface area contributed by atoms with Gasteiger partial charge in [0.2, 0.25) is 0 Å². The minimum atomic E-state index is -0.322. The first-order chi connectivity index (χ1) is 10.7. The predicted molar refractivity (Wildman–Crippen MR) is 85.4 cm³/mol. The number of aromatic nitrogens is 1. The second kappa shape index (κ2) is 6.98. The second-order valence-corrected chi connectivity index (χ2v) is 6.30. The van der Waals surface area contributed by atoms with Gasteiger partial charge in [0, 0.05) is 17.5 Å². The van der Waals surface area contributed by atoms with Crippen LogP contribution in [0.25, 0.3) is 10.6 Å². The Bertz CT molecular complexity index is 652. The van der Waals surface area contributed by atoms with Gasteiger partial charge in [0.25, 0.3) is 5.91 Å². The minimum absolute atomic E-state index is 0.190. The van der Waals surface area contributed by atoms with E-state index < -0.39 is 0 Å². The molecule has 1 aromatic heterocycles. The summed E-state index contributed by atoms with van der Waals surface area (Å²) in [6, 6.07) is 6.46. The number of thiazole rings is 1.